The van der Waals surface area contributed by atoms with Crippen LogP contribution in [0.4, 0.5) is 5.69 Å². The second kappa shape index (κ2) is 5.43. The summed E-state index contributed by atoms with van der Waals surface area (Å²) >= 11 is 1.09. The highest BCUT2D eigenvalue weighted by atomic mass is 32.2. The van der Waals surface area contributed by atoms with Crippen molar-refractivity contribution in [2.75, 3.05) is 5.32 Å². The fourth-order valence-corrected chi connectivity index (χ4v) is 2.17. The van der Waals surface area contributed by atoms with Gasteiger partial charge in [-0.3, -0.25) is 4.79 Å². The first-order valence-corrected chi connectivity index (χ1v) is 6.14. The van der Waals surface area contributed by atoms with Crippen LogP contribution in [0.1, 0.15) is 6.92 Å². The van der Waals surface area contributed by atoms with Gasteiger partial charge in [0.05, 0.1) is 16.4 Å². The number of anilines is 1. The highest BCUT2D eigenvalue weighted by Gasteiger charge is 2.08. The average molecular weight is 257 g/mol. The summed E-state index contributed by atoms with van der Waals surface area (Å²) in [5, 5.41) is 14.4. The Morgan fingerprint density at radius 2 is 2.11 bits per heavy atom. The number of thiocyanates is 1. The molecule has 5 heteroatoms. The van der Waals surface area contributed by atoms with Gasteiger partial charge in [0.1, 0.15) is 5.40 Å². The van der Waals surface area contributed by atoms with Crippen LogP contribution in [0.3, 0.4) is 0 Å². The Bertz CT molecular complexity index is 613. The van der Waals surface area contributed by atoms with Crippen LogP contribution in [-0.2, 0) is 4.79 Å². The quantitative estimate of drug-likeness (QED) is 0.679. The Kier molecular flexibility index (Phi) is 3.70. The zero-order chi connectivity index (χ0) is 13.0. The molecule has 1 N–H and O–H groups in total. The number of para-hydroxylation sites is 2. The van der Waals surface area contributed by atoms with Crippen molar-refractivity contribution in [3.63, 3.8) is 0 Å². The Balaban J connectivity index is 2.47. The summed E-state index contributed by atoms with van der Waals surface area (Å²) in [6.45, 7) is 1.47. The van der Waals surface area contributed by atoms with Crippen LogP contribution in [0, 0.1) is 10.7 Å². The minimum atomic E-state index is -0.121. The minimum Gasteiger partial charge on any atom is -0.325 e. The van der Waals surface area contributed by atoms with Crippen molar-refractivity contribution in [2.45, 2.75) is 11.9 Å². The fraction of sp³-hybridized carbons (Fsp3) is 0.0769. The van der Waals surface area contributed by atoms with Gasteiger partial charge in [-0.15, -0.1) is 0 Å². The molecule has 1 heterocycles. The summed E-state index contributed by atoms with van der Waals surface area (Å²) in [6, 6.07) is 11.2. The van der Waals surface area contributed by atoms with Crippen LogP contribution in [0.15, 0.2) is 47.6 Å². The average Bonchev–Trinajstić information content (AvgIpc) is 2.78. The number of amides is 1. The van der Waals surface area contributed by atoms with E-state index in [0.29, 0.717) is 0 Å². The molecule has 0 aliphatic carbocycles. The van der Waals surface area contributed by atoms with Gasteiger partial charge in [0.15, 0.2) is 0 Å². The molecule has 1 amide bonds. The topological polar surface area (TPSA) is 57.8 Å². The lowest BCUT2D eigenvalue weighted by Crippen LogP contribution is -2.09. The number of nitrogens with zero attached hydrogens (tertiary/aromatic N) is 2. The summed E-state index contributed by atoms with van der Waals surface area (Å²) in [5.74, 6) is -0.121. The Morgan fingerprint density at radius 1 is 1.33 bits per heavy atom. The molecule has 90 valence electrons. The van der Waals surface area contributed by atoms with Gasteiger partial charge in [-0.2, -0.15) is 5.26 Å². The SMILES string of the molecule is CC(=O)Nc1ccccc1-n1cccc1SC#N. The molecule has 0 aliphatic rings. The molecule has 0 fully saturated rings. The largest absolute Gasteiger partial charge is 0.325 e. The molecule has 0 saturated carbocycles. The van der Waals surface area contributed by atoms with Crippen LogP contribution >= 0.6 is 11.8 Å². The molecule has 0 unspecified atom stereocenters. The third kappa shape index (κ3) is 2.55. The smallest absolute Gasteiger partial charge is 0.221 e. The Hall–Kier alpha value is -2.19. The van der Waals surface area contributed by atoms with Gasteiger partial charge in [-0.1, -0.05) is 12.1 Å². The lowest BCUT2D eigenvalue weighted by atomic mass is 10.2. The van der Waals surface area contributed by atoms with Crippen molar-refractivity contribution in [3.05, 3.63) is 42.6 Å². The standard InChI is InChI=1S/C13H11N3OS/c1-10(17)15-11-5-2-3-6-12(11)16-8-4-7-13(16)18-9-14/h2-8H,1H3,(H,15,17). The summed E-state index contributed by atoms with van der Waals surface area (Å²) < 4.78 is 1.87. The highest BCUT2D eigenvalue weighted by molar-refractivity contribution is 8.03. The molecular weight excluding hydrogens is 246 g/mol. The van der Waals surface area contributed by atoms with Crippen molar-refractivity contribution in [3.8, 4) is 11.1 Å². The van der Waals surface area contributed by atoms with Crippen molar-refractivity contribution in [2.24, 2.45) is 0 Å². The Labute approximate surface area is 109 Å². The number of rotatable bonds is 3. The molecule has 18 heavy (non-hydrogen) atoms. The van der Waals surface area contributed by atoms with Crippen molar-refractivity contribution >= 4 is 23.4 Å². The van der Waals surface area contributed by atoms with E-state index in [1.54, 1.807) is 0 Å². The number of hydrogen-bond donors (Lipinski definition) is 1. The fourth-order valence-electron chi connectivity index (χ4n) is 1.67. The second-order valence-electron chi connectivity index (χ2n) is 3.61. The molecule has 0 saturated heterocycles. The van der Waals surface area contributed by atoms with Crippen LogP contribution in [0.2, 0.25) is 0 Å². The first-order chi connectivity index (χ1) is 8.72. The summed E-state index contributed by atoms with van der Waals surface area (Å²) in [5.41, 5.74) is 1.57. The molecular formula is C13H11N3OS. The van der Waals surface area contributed by atoms with Gasteiger partial charge in [-0.25, -0.2) is 0 Å². The van der Waals surface area contributed by atoms with E-state index in [0.717, 1.165) is 28.2 Å². The zero-order valence-corrected chi connectivity index (χ0v) is 10.6. The van der Waals surface area contributed by atoms with Crippen molar-refractivity contribution < 1.29 is 4.79 Å². The lowest BCUT2D eigenvalue weighted by molar-refractivity contribution is -0.114. The van der Waals surface area contributed by atoms with E-state index in [4.69, 9.17) is 5.26 Å². The summed E-state index contributed by atoms with van der Waals surface area (Å²) in [4.78, 5) is 11.2. The summed E-state index contributed by atoms with van der Waals surface area (Å²) in [7, 11) is 0. The third-order valence-electron chi connectivity index (χ3n) is 2.34. The molecule has 0 bridgehead atoms. The molecule has 0 aliphatic heterocycles. The molecule has 2 aromatic rings. The maximum absolute atomic E-state index is 11.2. The van der Waals surface area contributed by atoms with Gasteiger partial charge in [0, 0.05) is 24.9 Å². The van der Waals surface area contributed by atoms with Gasteiger partial charge in [0.2, 0.25) is 5.91 Å². The highest BCUT2D eigenvalue weighted by Crippen LogP contribution is 2.26. The van der Waals surface area contributed by atoms with E-state index in [1.807, 2.05) is 52.6 Å². The molecule has 2 rings (SSSR count). The van der Waals surface area contributed by atoms with Gasteiger partial charge < -0.3 is 9.88 Å². The number of nitriles is 1. The van der Waals surface area contributed by atoms with Crippen LogP contribution < -0.4 is 5.32 Å². The van der Waals surface area contributed by atoms with Crippen molar-refractivity contribution in [1.29, 1.82) is 5.26 Å². The predicted octanol–water partition coefficient (Wildman–Crippen LogP) is 3.01. The lowest BCUT2D eigenvalue weighted by Gasteiger charge is -2.12. The number of nitrogens with one attached hydrogen (secondary N) is 1. The number of carbonyl (C=O) groups excluding carboxylic acids is 1. The molecule has 0 atom stereocenters. The van der Waals surface area contributed by atoms with Gasteiger partial charge in [-0.05, 0) is 24.3 Å². The molecule has 4 nitrogen and oxygen atoms in total. The third-order valence-corrected chi connectivity index (χ3v) is 2.97. The van der Waals surface area contributed by atoms with E-state index in [9.17, 15) is 4.79 Å². The second-order valence-corrected chi connectivity index (χ2v) is 4.41. The van der Waals surface area contributed by atoms with Crippen LogP contribution in [-0.4, -0.2) is 10.5 Å². The number of hydrogen-bond acceptors (Lipinski definition) is 3. The predicted molar refractivity (Wildman–Crippen MR) is 71.5 cm³/mol. The maximum atomic E-state index is 11.2. The zero-order valence-electron chi connectivity index (χ0n) is 9.75. The number of thioether (sulfide) groups is 1. The van der Waals surface area contributed by atoms with E-state index in [-0.39, 0.29) is 5.91 Å². The number of benzene rings is 1. The van der Waals surface area contributed by atoms with Gasteiger partial charge in [0.25, 0.3) is 0 Å². The van der Waals surface area contributed by atoms with E-state index in [1.165, 1.54) is 6.92 Å². The van der Waals surface area contributed by atoms with E-state index in [2.05, 4.69) is 5.32 Å². The van der Waals surface area contributed by atoms with Crippen molar-refractivity contribution in [1.82, 2.24) is 4.57 Å². The monoisotopic (exact) mass is 257 g/mol. The normalized spacial score (nSPS) is 9.78. The van der Waals surface area contributed by atoms with Crippen LogP contribution in [0.25, 0.3) is 5.69 Å². The number of carbonyl (C=O) groups is 1. The summed E-state index contributed by atoms with van der Waals surface area (Å²) in [6.07, 6.45) is 1.86. The molecule has 0 radical (unpaired) electrons. The first-order valence-electron chi connectivity index (χ1n) is 5.32. The molecule has 0 spiro atoms. The van der Waals surface area contributed by atoms with E-state index < -0.39 is 0 Å². The molecule has 1 aromatic carbocycles. The first kappa shape index (κ1) is 12.3. The maximum Gasteiger partial charge on any atom is 0.221 e. The Morgan fingerprint density at radius 3 is 2.83 bits per heavy atom. The van der Waals surface area contributed by atoms with E-state index >= 15 is 0 Å². The minimum absolute atomic E-state index is 0.121. The number of aromatic nitrogens is 1. The van der Waals surface area contributed by atoms with Crippen LogP contribution in [0.5, 0.6) is 0 Å². The van der Waals surface area contributed by atoms with Gasteiger partial charge >= 0.3 is 0 Å². The molecule has 1 aromatic heterocycles.